The fraction of sp³-hybridized carbons (Fsp3) is 0.167. The molecule has 0 aliphatic rings. The molecule has 0 saturated heterocycles. The third-order valence-electron chi connectivity index (χ3n) is 2.18. The minimum absolute atomic E-state index is 0.0439. The van der Waals surface area contributed by atoms with E-state index in [1.54, 1.807) is 24.5 Å². The topological polar surface area (TPSA) is 55.2 Å². The SMILES string of the molecule is OCc1cccc(F)c1OCc1ncccn1. The highest BCUT2D eigenvalue weighted by Gasteiger charge is 2.09. The predicted octanol–water partition coefficient (Wildman–Crippen LogP) is 1.69. The van der Waals surface area contributed by atoms with Crippen molar-refractivity contribution in [1.82, 2.24) is 9.97 Å². The molecule has 0 radical (unpaired) electrons. The summed E-state index contributed by atoms with van der Waals surface area (Å²) in [5.74, 6) is -0.00502. The monoisotopic (exact) mass is 234 g/mol. The van der Waals surface area contributed by atoms with E-state index >= 15 is 0 Å². The molecular weight excluding hydrogens is 223 g/mol. The summed E-state index contributed by atoms with van der Waals surface area (Å²) in [4.78, 5) is 7.92. The molecule has 0 unspecified atom stereocenters. The Balaban J connectivity index is 2.14. The van der Waals surface area contributed by atoms with Crippen molar-refractivity contribution in [1.29, 1.82) is 0 Å². The fourth-order valence-electron chi connectivity index (χ4n) is 1.38. The summed E-state index contributed by atoms with van der Waals surface area (Å²) in [5.41, 5.74) is 0.404. The molecule has 5 heteroatoms. The van der Waals surface area contributed by atoms with Crippen LogP contribution in [0.25, 0.3) is 0 Å². The summed E-state index contributed by atoms with van der Waals surface area (Å²) in [6.07, 6.45) is 3.17. The normalized spacial score (nSPS) is 10.2. The number of rotatable bonds is 4. The number of aliphatic hydroxyl groups excluding tert-OH is 1. The summed E-state index contributed by atoms with van der Waals surface area (Å²) < 4.78 is 18.7. The van der Waals surface area contributed by atoms with E-state index in [0.717, 1.165) is 0 Å². The molecule has 88 valence electrons. The van der Waals surface area contributed by atoms with Crippen molar-refractivity contribution in [2.45, 2.75) is 13.2 Å². The lowest BCUT2D eigenvalue weighted by atomic mass is 10.2. The van der Waals surface area contributed by atoms with Gasteiger partial charge in [-0.25, -0.2) is 14.4 Å². The van der Waals surface area contributed by atoms with Gasteiger partial charge in [-0.15, -0.1) is 0 Å². The zero-order chi connectivity index (χ0) is 12.1. The molecule has 1 N–H and O–H groups in total. The molecule has 0 fully saturated rings. The van der Waals surface area contributed by atoms with Gasteiger partial charge in [0.15, 0.2) is 17.4 Å². The summed E-state index contributed by atoms with van der Waals surface area (Å²) in [7, 11) is 0. The van der Waals surface area contributed by atoms with Gasteiger partial charge in [0.05, 0.1) is 6.61 Å². The Morgan fingerprint density at radius 3 is 2.65 bits per heavy atom. The number of hydrogen-bond acceptors (Lipinski definition) is 4. The predicted molar refractivity (Wildman–Crippen MR) is 58.7 cm³/mol. The smallest absolute Gasteiger partial charge is 0.166 e. The molecule has 0 aliphatic carbocycles. The lowest BCUT2D eigenvalue weighted by Crippen LogP contribution is -2.04. The van der Waals surface area contributed by atoms with Crippen molar-refractivity contribution in [3.63, 3.8) is 0 Å². The van der Waals surface area contributed by atoms with E-state index < -0.39 is 5.82 Å². The molecule has 0 spiro atoms. The van der Waals surface area contributed by atoms with E-state index in [1.165, 1.54) is 12.1 Å². The van der Waals surface area contributed by atoms with Crippen molar-refractivity contribution in [2.75, 3.05) is 0 Å². The van der Waals surface area contributed by atoms with Crippen LogP contribution in [0.5, 0.6) is 5.75 Å². The lowest BCUT2D eigenvalue weighted by molar-refractivity contribution is 0.247. The Morgan fingerprint density at radius 2 is 1.94 bits per heavy atom. The van der Waals surface area contributed by atoms with Gasteiger partial charge in [0.1, 0.15) is 6.61 Å². The van der Waals surface area contributed by atoms with Crippen LogP contribution >= 0.6 is 0 Å². The fourth-order valence-corrected chi connectivity index (χ4v) is 1.38. The second kappa shape index (κ2) is 5.36. The molecule has 1 aromatic heterocycles. The number of aliphatic hydroxyl groups is 1. The third kappa shape index (κ3) is 2.76. The maximum atomic E-state index is 13.5. The maximum Gasteiger partial charge on any atom is 0.166 e. The van der Waals surface area contributed by atoms with Gasteiger partial charge in [0.25, 0.3) is 0 Å². The van der Waals surface area contributed by atoms with Gasteiger partial charge in [-0.3, -0.25) is 0 Å². The number of aromatic nitrogens is 2. The van der Waals surface area contributed by atoms with Crippen LogP contribution in [0.2, 0.25) is 0 Å². The first-order valence-electron chi connectivity index (χ1n) is 5.08. The van der Waals surface area contributed by atoms with Crippen LogP contribution in [0.4, 0.5) is 4.39 Å². The van der Waals surface area contributed by atoms with Crippen LogP contribution in [0, 0.1) is 5.82 Å². The standard InChI is InChI=1S/C12H11FN2O2/c13-10-4-1-3-9(7-16)12(10)17-8-11-14-5-2-6-15-11/h1-6,16H,7-8H2. The van der Waals surface area contributed by atoms with E-state index in [9.17, 15) is 4.39 Å². The Bertz CT molecular complexity index is 491. The first-order valence-corrected chi connectivity index (χ1v) is 5.08. The second-order valence-electron chi connectivity index (χ2n) is 3.34. The summed E-state index contributed by atoms with van der Waals surface area (Å²) in [6, 6.07) is 6.09. The number of para-hydroxylation sites is 1. The number of hydrogen-bond donors (Lipinski definition) is 1. The Labute approximate surface area is 97.7 Å². The molecule has 2 rings (SSSR count). The molecule has 17 heavy (non-hydrogen) atoms. The Morgan fingerprint density at radius 1 is 1.18 bits per heavy atom. The summed E-state index contributed by atoms with van der Waals surface area (Å²) in [5, 5.41) is 9.06. The van der Waals surface area contributed by atoms with Gasteiger partial charge < -0.3 is 9.84 Å². The number of benzene rings is 1. The first-order chi connectivity index (χ1) is 8.31. The van der Waals surface area contributed by atoms with Crippen molar-refractivity contribution >= 4 is 0 Å². The molecule has 2 aromatic rings. The zero-order valence-electron chi connectivity index (χ0n) is 9.01. The van der Waals surface area contributed by atoms with Crippen molar-refractivity contribution < 1.29 is 14.2 Å². The number of nitrogens with zero attached hydrogens (tertiary/aromatic N) is 2. The zero-order valence-corrected chi connectivity index (χ0v) is 9.01. The second-order valence-corrected chi connectivity index (χ2v) is 3.34. The summed E-state index contributed by atoms with van der Waals surface area (Å²) in [6.45, 7) is -0.211. The van der Waals surface area contributed by atoms with Crippen molar-refractivity contribution in [3.8, 4) is 5.75 Å². The average molecular weight is 234 g/mol. The largest absolute Gasteiger partial charge is 0.482 e. The molecule has 0 aliphatic heterocycles. The first kappa shape index (κ1) is 11.5. The van der Waals surface area contributed by atoms with Crippen molar-refractivity contribution in [2.24, 2.45) is 0 Å². The van der Waals surface area contributed by atoms with Gasteiger partial charge in [0.2, 0.25) is 0 Å². The number of halogens is 1. The van der Waals surface area contributed by atoms with E-state index in [4.69, 9.17) is 9.84 Å². The van der Waals surface area contributed by atoms with Gasteiger partial charge in [-0.2, -0.15) is 0 Å². The quantitative estimate of drug-likeness (QED) is 0.874. The minimum Gasteiger partial charge on any atom is -0.482 e. The molecule has 1 heterocycles. The van der Waals surface area contributed by atoms with Crippen LogP contribution in [0.1, 0.15) is 11.4 Å². The third-order valence-corrected chi connectivity index (χ3v) is 2.18. The Kier molecular flexibility index (Phi) is 3.62. The molecule has 4 nitrogen and oxygen atoms in total. The molecular formula is C12H11FN2O2. The summed E-state index contributed by atoms with van der Waals surface area (Å²) >= 11 is 0. The highest BCUT2D eigenvalue weighted by atomic mass is 19.1. The maximum absolute atomic E-state index is 13.5. The van der Waals surface area contributed by atoms with Gasteiger partial charge in [-0.05, 0) is 12.1 Å². The molecule has 0 atom stereocenters. The van der Waals surface area contributed by atoms with Gasteiger partial charge >= 0.3 is 0 Å². The van der Waals surface area contributed by atoms with Gasteiger partial charge in [0, 0.05) is 18.0 Å². The number of ether oxygens (including phenoxy) is 1. The molecule has 1 aromatic carbocycles. The van der Waals surface area contributed by atoms with Crippen LogP contribution < -0.4 is 4.74 Å². The van der Waals surface area contributed by atoms with Crippen LogP contribution in [-0.2, 0) is 13.2 Å². The highest BCUT2D eigenvalue weighted by Crippen LogP contribution is 2.23. The van der Waals surface area contributed by atoms with E-state index in [1.807, 2.05) is 0 Å². The average Bonchev–Trinajstić information content (AvgIpc) is 2.38. The van der Waals surface area contributed by atoms with E-state index in [2.05, 4.69) is 9.97 Å². The highest BCUT2D eigenvalue weighted by molar-refractivity contribution is 5.34. The van der Waals surface area contributed by atoms with Crippen molar-refractivity contribution in [3.05, 3.63) is 53.9 Å². The van der Waals surface area contributed by atoms with Crippen LogP contribution in [0.3, 0.4) is 0 Å². The lowest BCUT2D eigenvalue weighted by Gasteiger charge is -2.09. The molecule has 0 bridgehead atoms. The van der Waals surface area contributed by atoms with E-state index in [-0.39, 0.29) is 19.0 Å². The van der Waals surface area contributed by atoms with E-state index in [0.29, 0.717) is 11.4 Å². The van der Waals surface area contributed by atoms with Crippen LogP contribution in [0.15, 0.2) is 36.7 Å². The minimum atomic E-state index is -0.507. The molecule has 0 saturated carbocycles. The van der Waals surface area contributed by atoms with Gasteiger partial charge in [-0.1, -0.05) is 12.1 Å². The van der Waals surface area contributed by atoms with Crippen LogP contribution in [-0.4, -0.2) is 15.1 Å². The molecule has 0 amide bonds. The Hall–Kier alpha value is -2.01.